The molecule has 8 heteroatoms. The summed E-state index contributed by atoms with van der Waals surface area (Å²) in [6.45, 7) is 1.71. The fourth-order valence-corrected chi connectivity index (χ4v) is 5.64. The molecule has 2 heterocycles. The van der Waals surface area contributed by atoms with Gasteiger partial charge in [-0.3, -0.25) is 14.7 Å². The molecule has 3 rings (SSSR count). The number of carbonyl (C=O) groups is 1. The van der Waals surface area contributed by atoms with Crippen LogP contribution in [0.15, 0.2) is 23.2 Å². The standard InChI is InChI=1S/C15H17FN2O3S2/c1-15(14(20)21)7-23-13(18(15)2)9-6-22-12(17-9)11-8(16)4-3-5-10(11)19/h3-5,9,13,19H,6-7H2,1-2H3,(H,20,21)/t9-,13+,15+/m0/s1. The van der Waals surface area contributed by atoms with Crippen molar-refractivity contribution in [2.75, 3.05) is 18.6 Å². The predicted octanol–water partition coefficient (Wildman–Crippen LogP) is 2.24. The predicted molar refractivity (Wildman–Crippen MR) is 90.9 cm³/mol. The molecule has 5 nitrogen and oxygen atoms in total. The van der Waals surface area contributed by atoms with Gasteiger partial charge in [0.2, 0.25) is 0 Å². The lowest BCUT2D eigenvalue weighted by Crippen LogP contribution is -2.52. The van der Waals surface area contributed by atoms with E-state index >= 15 is 0 Å². The summed E-state index contributed by atoms with van der Waals surface area (Å²) in [4.78, 5) is 17.9. The molecule has 3 atom stereocenters. The topological polar surface area (TPSA) is 73.1 Å². The highest BCUT2D eigenvalue weighted by molar-refractivity contribution is 8.14. The fraction of sp³-hybridized carbons (Fsp3) is 0.467. The first kappa shape index (κ1) is 16.6. The second-order valence-electron chi connectivity index (χ2n) is 5.84. The fourth-order valence-electron chi connectivity index (χ4n) is 2.72. The molecule has 23 heavy (non-hydrogen) atoms. The van der Waals surface area contributed by atoms with E-state index in [2.05, 4.69) is 4.99 Å². The van der Waals surface area contributed by atoms with Gasteiger partial charge < -0.3 is 10.2 Å². The van der Waals surface area contributed by atoms with Crippen LogP contribution in [0.5, 0.6) is 5.75 Å². The molecule has 1 aromatic carbocycles. The van der Waals surface area contributed by atoms with Gasteiger partial charge in [-0.05, 0) is 26.1 Å². The lowest BCUT2D eigenvalue weighted by molar-refractivity contribution is -0.147. The summed E-state index contributed by atoms with van der Waals surface area (Å²) in [5.41, 5.74) is -0.787. The van der Waals surface area contributed by atoms with Crippen LogP contribution < -0.4 is 0 Å². The number of rotatable bonds is 3. The van der Waals surface area contributed by atoms with Crippen molar-refractivity contribution in [2.45, 2.75) is 23.9 Å². The Labute approximate surface area is 142 Å². The monoisotopic (exact) mass is 356 g/mol. The SMILES string of the molecule is CN1[C@@H]([C@@H]2CSC(c3c(O)cccc3F)=N2)SC[C@]1(C)C(=O)O. The molecule has 1 aromatic rings. The molecule has 124 valence electrons. The number of nitrogens with zero attached hydrogens (tertiary/aromatic N) is 2. The summed E-state index contributed by atoms with van der Waals surface area (Å²) in [5, 5.41) is 19.7. The van der Waals surface area contributed by atoms with Gasteiger partial charge in [0.25, 0.3) is 0 Å². The molecule has 1 fully saturated rings. The van der Waals surface area contributed by atoms with Gasteiger partial charge in [-0.15, -0.1) is 23.5 Å². The Morgan fingerprint density at radius 2 is 2.26 bits per heavy atom. The van der Waals surface area contributed by atoms with Crippen LogP contribution in [-0.4, -0.2) is 61.6 Å². The van der Waals surface area contributed by atoms with E-state index in [4.69, 9.17) is 0 Å². The minimum Gasteiger partial charge on any atom is -0.507 e. The van der Waals surface area contributed by atoms with Gasteiger partial charge in [0, 0.05) is 11.5 Å². The highest BCUT2D eigenvalue weighted by Gasteiger charge is 2.50. The van der Waals surface area contributed by atoms with Crippen molar-refractivity contribution in [2.24, 2.45) is 4.99 Å². The number of aliphatic carboxylic acids is 1. The first-order valence-electron chi connectivity index (χ1n) is 7.11. The zero-order valence-corrected chi connectivity index (χ0v) is 14.3. The zero-order valence-electron chi connectivity index (χ0n) is 12.7. The van der Waals surface area contributed by atoms with Crippen LogP contribution in [0.2, 0.25) is 0 Å². The van der Waals surface area contributed by atoms with Crippen molar-refractivity contribution >= 4 is 34.5 Å². The Kier molecular flexibility index (Phi) is 4.33. The quantitative estimate of drug-likeness (QED) is 0.865. The largest absolute Gasteiger partial charge is 0.507 e. The summed E-state index contributed by atoms with van der Waals surface area (Å²) in [6, 6.07) is 4.05. The second-order valence-corrected chi connectivity index (χ2v) is 7.95. The molecule has 0 bridgehead atoms. The van der Waals surface area contributed by atoms with Gasteiger partial charge in [-0.25, -0.2) is 4.39 Å². The molecule has 2 aliphatic heterocycles. The number of aromatic hydroxyl groups is 1. The molecule has 0 aliphatic carbocycles. The van der Waals surface area contributed by atoms with Crippen molar-refractivity contribution < 1.29 is 19.4 Å². The number of thioether (sulfide) groups is 2. The van der Waals surface area contributed by atoms with E-state index in [1.54, 1.807) is 25.7 Å². The number of carboxylic acid groups (broad SMARTS) is 1. The van der Waals surface area contributed by atoms with Crippen LogP contribution in [0.4, 0.5) is 4.39 Å². The Morgan fingerprint density at radius 1 is 1.52 bits per heavy atom. The Balaban J connectivity index is 1.85. The van der Waals surface area contributed by atoms with Crippen molar-refractivity contribution in [3.63, 3.8) is 0 Å². The molecule has 0 radical (unpaired) electrons. The third-order valence-corrected chi connectivity index (χ3v) is 7.16. The van der Waals surface area contributed by atoms with Crippen molar-refractivity contribution in [3.05, 3.63) is 29.6 Å². The molecular weight excluding hydrogens is 339 g/mol. The lowest BCUT2D eigenvalue weighted by atomic mass is 10.0. The van der Waals surface area contributed by atoms with Gasteiger partial charge in [0.05, 0.1) is 17.0 Å². The van der Waals surface area contributed by atoms with Gasteiger partial charge in [-0.2, -0.15) is 0 Å². The maximum Gasteiger partial charge on any atom is 0.324 e. The molecule has 0 aromatic heterocycles. The normalized spacial score (nSPS) is 31.3. The van der Waals surface area contributed by atoms with Crippen molar-refractivity contribution in [1.29, 1.82) is 0 Å². The third kappa shape index (κ3) is 2.72. The first-order chi connectivity index (χ1) is 10.8. The highest BCUT2D eigenvalue weighted by atomic mass is 32.2. The molecular formula is C15H17FN2O3S2. The number of hydrogen-bond donors (Lipinski definition) is 2. The molecule has 1 saturated heterocycles. The zero-order chi connectivity index (χ0) is 16.8. The average molecular weight is 356 g/mol. The van der Waals surface area contributed by atoms with E-state index in [1.807, 2.05) is 4.90 Å². The van der Waals surface area contributed by atoms with Gasteiger partial charge in [0.15, 0.2) is 0 Å². The lowest BCUT2D eigenvalue weighted by Gasteiger charge is -2.31. The molecule has 0 amide bonds. The van der Waals surface area contributed by atoms with E-state index in [0.717, 1.165) is 0 Å². The number of hydrogen-bond acceptors (Lipinski definition) is 6. The second kappa shape index (κ2) is 5.99. The maximum atomic E-state index is 14.0. The number of carboxylic acids is 1. The summed E-state index contributed by atoms with van der Waals surface area (Å²) >= 11 is 2.95. The van der Waals surface area contributed by atoms with E-state index in [-0.39, 0.29) is 22.7 Å². The van der Waals surface area contributed by atoms with Gasteiger partial charge >= 0.3 is 5.97 Å². The van der Waals surface area contributed by atoms with E-state index in [0.29, 0.717) is 16.5 Å². The number of likely N-dealkylation sites (N-methyl/N-ethyl adjacent to an activating group) is 1. The molecule has 0 unspecified atom stereocenters. The van der Waals surface area contributed by atoms with Crippen LogP contribution in [-0.2, 0) is 4.79 Å². The number of phenolic OH excluding ortho intramolecular Hbond substituents is 1. The van der Waals surface area contributed by atoms with Crippen LogP contribution in [0.3, 0.4) is 0 Å². The Hall–Kier alpha value is -1.25. The van der Waals surface area contributed by atoms with E-state index in [1.165, 1.54) is 30.0 Å². The highest BCUT2D eigenvalue weighted by Crippen LogP contribution is 2.41. The van der Waals surface area contributed by atoms with Gasteiger partial charge in [-0.1, -0.05) is 6.07 Å². The minimum atomic E-state index is -0.918. The first-order valence-corrected chi connectivity index (χ1v) is 9.14. The third-order valence-electron chi connectivity index (χ3n) is 4.36. The van der Waals surface area contributed by atoms with Gasteiger partial charge in [0.1, 0.15) is 22.1 Å². The van der Waals surface area contributed by atoms with Crippen LogP contribution in [0, 0.1) is 5.82 Å². The molecule has 0 spiro atoms. The van der Waals surface area contributed by atoms with E-state index in [9.17, 15) is 19.4 Å². The van der Waals surface area contributed by atoms with Crippen LogP contribution in [0.25, 0.3) is 0 Å². The van der Waals surface area contributed by atoms with E-state index < -0.39 is 17.3 Å². The summed E-state index contributed by atoms with van der Waals surface area (Å²) in [5.74, 6) is -0.350. The molecule has 0 saturated carbocycles. The Morgan fingerprint density at radius 3 is 2.87 bits per heavy atom. The number of halogens is 1. The van der Waals surface area contributed by atoms with Crippen molar-refractivity contribution in [1.82, 2.24) is 4.90 Å². The van der Waals surface area contributed by atoms with Crippen molar-refractivity contribution in [3.8, 4) is 5.75 Å². The molecule has 2 N–H and O–H groups in total. The maximum absolute atomic E-state index is 14.0. The summed E-state index contributed by atoms with van der Waals surface area (Å²) in [6.07, 6.45) is 0. The average Bonchev–Trinajstić information content (AvgIpc) is 3.06. The van der Waals surface area contributed by atoms with Crippen LogP contribution in [0.1, 0.15) is 12.5 Å². The number of benzene rings is 1. The summed E-state index contributed by atoms with van der Waals surface area (Å²) in [7, 11) is 1.79. The Bertz CT molecular complexity index is 664. The number of aliphatic imine (C=N–C) groups is 1. The van der Waals surface area contributed by atoms with Crippen LogP contribution >= 0.6 is 23.5 Å². The summed E-state index contributed by atoms with van der Waals surface area (Å²) < 4.78 is 14.0. The minimum absolute atomic E-state index is 0.0741. The smallest absolute Gasteiger partial charge is 0.324 e. The number of phenols is 1. The molecule has 2 aliphatic rings.